The molecule has 0 spiro atoms. The van der Waals surface area contributed by atoms with E-state index in [2.05, 4.69) is 38.3 Å². The molecule has 0 saturated carbocycles. The highest BCUT2D eigenvalue weighted by Crippen LogP contribution is 2.21. The van der Waals surface area contributed by atoms with Crippen molar-refractivity contribution in [2.45, 2.75) is 26.4 Å². The van der Waals surface area contributed by atoms with Gasteiger partial charge in [0.1, 0.15) is 0 Å². The number of pyridine rings is 1. The number of hydrogen-bond donors (Lipinski definition) is 1. The number of nitrogens with zero attached hydrogens (tertiary/aromatic N) is 3. The number of aryl methyl sites for hydroxylation is 2. The van der Waals surface area contributed by atoms with Gasteiger partial charge in [0.2, 0.25) is 0 Å². The molecular formula is C13H17BrN4. The summed E-state index contributed by atoms with van der Waals surface area (Å²) in [6.07, 6.45) is 4.57. The summed E-state index contributed by atoms with van der Waals surface area (Å²) in [7, 11) is 1.98. The van der Waals surface area contributed by atoms with Crippen LogP contribution >= 0.6 is 15.9 Å². The van der Waals surface area contributed by atoms with Crippen molar-refractivity contribution in [3.63, 3.8) is 0 Å². The maximum absolute atomic E-state index is 4.47. The molecule has 1 N–H and O–H groups in total. The molecule has 0 unspecified atom stereocenters. The minimum Gasteiger partial charge on any atom is -0.307 e. The molecule has 0 aliphatic rings. The molecule has 2 rings (SSSR count). The Morgan fingerprint density at radius 3 is 2.61 bits per heavy atom. The normalized spacial score (nSPS) is 10.8. The van der Waals surface area contributed by atoms with Gasteiger partial charge >= 0.3 is 0 Å². The highest BCUT2D eigenvalue weighted by molar-refractivity contribution is 9.10. The van der Waals surface area contributed by atoms with E-state index < -0.39 is 0 Å². The van der Waals surface area contributed by atoms with Crippen LogP contribution in [0.15, 0.2) is 29.0 Å². The fourth-order valence-corrected chi connectivity index (χ4v) is 2.59. The molecule has 0 bridgehead atoms. The zero-order chi connectivity index (χ0) is 13.0. The van der Waals surface area contributed by atoms with Crippen LogP contribution < -0.4 is 5.32 Å². The van der Waals surface area contributed by atoms with Gasteiger partial charge in [-0.15, -0.1) is 0 Å². The van der Waals surface area contributed by atoms with Crippen molar-refractivity contribution in [1.82, 2.24) is 20.1 Å². The van der Waals surface area contributed by atoms with Crippen LogP contribution in [0.4, 0.5) is 0 Å². The second-order valence-corrected chi connectivity index (χ2v) is 4.94. The molecule has 2 aromatic heterocycles. The lowest BCUT2D eigenvalue weighted by atomic mass is 10.2. The van der Waals surface area contributed by atoms with Crippen LogP contribution in [0.1, 0.15) is 23.9 Å². The average Bonchev–Trinajstić information content (AvgIpc) is 2.67. The van der Waals surface area contributed by atoms with E-state index in [1.165, 1.54) is 11.3 Å². The molecule has 5 heteroatoms. The summed E-state index contributed by atoms with van der Waals surface area (Å²) in [5.74, 6) is 0. The standard InChI is InChI=1S/C13H17BrN4/c1-3-11-13(14)12(18(2)17-11)9-16-8-10-4-6-15-7-5-10/h4-7,16H,3,8-9H2,1-2H3. The van der Waals surface area contributed by atoms with E-state index in [-0.39, 0.29) is 0 Å². The molecule has 96 valence electrons. The molecule has 0 saturated heterocycles. The monoisotopic (exact) mass is 308 g/mol. The van der Waals surface area contributed by atoms with Crippen molar-refractivity contribution in [3.8, 4) is 0 Å². The third kappa shape index (κ3) is 2.97. The lowest BCUT2D eigenvalue weighted by Crippen LogP contribution is -2.15. The second-order valence-electron chi connectivity index (χ2n) is 4.14. The average molecular weight is 309 g/mol. The predicted molar refractivity (Wildman–Crippen MR) is 75.1 cm³/mol. The molecule has 0 aromatic carbocycles. The molecule has 0 aliphatic heterocycles. The van der Waals surface area contributed by atoms with Gasteiger partial charge in [0.05, 0.1) is 15.9 Å². The van der Waals surface area contributed by atoms with Crippen LogP contribution in [0, 0.1) is 0 Å². The highest BCUT2D eigenvalue weighted by atomic mass is 79.9. The molecule has 0 aliphatic carbocycles. The molecule has 2 heterocycles. The Hall–Kier alpha value is -1.20. The van der Waals surface area contributed by atoms with Gasteiger partial charge in [-0.3, -0.25) is 9.67 Å². The van der Waals surface area contributed by atoms with Gasteiger partial charge in [0.15, 0.2) is 0 Å². The predicted octanol–water partition coefficient (Wildman–Crippen LogP) is 2.43. The van der Waals surface area contributed by atoms with Crippen LogP contribution in [-0.2, 0) is 26.6 Å². The third-order valence-electron chi connectivity index (χ3n) is 2.87. The number of rotatable bonds is 5. The lowest BCUT2D eigenvalue weighted by molar-refractivity contribution is 0.622. The zero-order valence-corrected chi connectivity index (χ0v) is 12.2. The van der Waals surface area contributed by atoms with Crippen LogP contribution in [0.5, 0.6) is 0 Å². The van der Waals surface area contributed by atoms with Gasteiger partial charge < -0.3 is 5.32 Å². The summed E-state index contributed by atoms with van der Waals surface area (Å²) in [6.45, 7) is 3.75. The fraction of sp³-hybridized carbons (Fsp3) is 0.385. The second kappa shape index (κ2) is 6.11. The van der Waals surface area contributed by atoms with E-state index >= 15 is 0 Å². The maximum atomic E-state index is 4.47. The van der Waals surface area contributed by atoms with Crippen LogP contribution in [0.2, 0.25) is 0 Å². The largest absolute Gasteiger partial charge is 0.307 e. The van der Waals surface area contributed by atoms with Crippen LogP contribution in [0.3, 0.4) is 0 Å². The Morgan fingerprint density at radius 1 is 1.28 bits per heavy atom. The van der Waals surface area contributed by atoms with E-state index in [4.69, 9.17) is 0 Å². The smallest absolute Gasteiger partial charge is 0.0767 e. The fourth-order valence-electron chi connectivity index (χ4n) is 1.84. The molecule has 0 atom stereocenters. The molecule has 0 radical (unpaired) electrons. The molecule has 4 nitrogen and oxygen atoms in total. The summed E-state index contributed by atoms with van der Waals surface area (Å²) >= 11 is 3.62. The van der Waals surface area contributed by atoms with Crippen LogP contribution in [0.25, 0.3) is 0 Å². The van der Waals surface area contributed by atoms with Crippen molar-refractivity contribution < 1.29 is 0 Å². The Balaban J connectivity index is 1.96. The SMILES string of the molecule is CCc1nn(C)c(CNCc2ccncc2)c1Br. The maximum Gasteiger partial charge on any atom is 0.0767 e. The van der Waals surface area contributed by atoms with E-state index in [9.17, 15) is 0 Å². The van der Waals surface area contributed by atoms with Crippen molar-refractivity contribution in [1.29, 1.82) is 0 Å². The van der Waals surface area contributed by atoms with Crippen molar-refractivity contribution in [3.05, 3.63) is 46.0 Å². The van der Waals surface area contributed by atoms with Gasteiger partial charge in [-0.2, -0.15) is 5.10 Å². The summed E-state index contributed by atoms with van der Waals surface area (Å²) in [4.78, 5) is 4.00. The van der Waals surface area contributed by atoms with E-state index in [1.54, 1.807) is 0 Å². The number of aromatic nitrogens is 3. The minimum atomic E-state index is 0.798. The first kappa shape index (κ1) is 13.2. The molecule has 0 fully saturated rings. The number of hydrogen-bond acceptors (Lipinski definition) is 3. The first-order valence-corrected chi connectivity index (χ1v) is 6.81. The van der Waals surface area contributed by atoms with Gasteiger partial charge in [-0.1, -0.05) is 6.92 Å². The first-order valence-electron chi connectivity index (χ1n) is 6.02. The van der Waals surface area contributed by atoms with Gasteiger partial charge in [-0.05, 0) is 40.0 Å². The van der Waals surface area contributed by atoms with Gasteiger partial charge in [0.25, 0.3) is 0 Å². The summed E-state index contributed by atoms with van der Waals surface area (Å²) in [6, 6.07) is 4.03. The third-order valence-corrected chi connectivity index (χ3v) is 3.79. The summed E-state index contributed by atoms with van der Waals surface area (Å²) < 4.78 is 3.05. The Morgan fingerprint density at radius 2 is 2.00 bits per heavy atom. The van der Waals surface area contributed by atoms with Crippen LogP contribution in [-0.4, -0.2) is 14.8 Å². The minimum absolute atomic E-state index is 0.798. The molecule has 0 amide bonds. The number of nitrogens with one attached hydrogen (secondary N) is 1. The quantitative estimate of drug-likeness (QED) is 0.922. The molecular weight excluding hydrogens is 292 g/mol. The van der Waals surface area contributed by atoms with E-state index in [1.807, 2.05) is 36.3 Å². The Bertz CT molecular complexity index is 507. The van der Waals surface area contributed by atoms with Crippen molar-refractivity contribution >= 4 is 15.9 Å². The molecule has 18 heavy (non-hydrogen) atoms. The lowest BCUT2D eigenvalue weighted by Gasteiger charge is -2.06. The van der Waals surface area contributed by atoms with Crippen molar-refractivity contribution in [2.75, 3.05) is 0 Å². The first-order chi connectivity index (χ1) is 8.72. The summed E-state index contributed by atoms with van der Waals surface area (Å²) in [5, 5.41) is 7.89. The van der Waals surface area contributed by atoms with E-state index in [0.29, 0.717) is 0 Å². The molecule has 2 aromatic rings. The van der Waals surface area contributed by atoms with Gasteiger partial charge in [0, 0.05) is 32.5 Å². The Kier molecular flexibility index (Phi) is 4.49. The topological polar surface area (TPSA) is 42.7 Å². The highest BCUT2D eigenvalue weighted by Gasteiger charge is 2.11. The Labute approximate surface area is 116 Å². The summed E-state index contributed by atoms with van der Waals surface area (Å²) in [5.41, 5.74) is 3.53. The van der Waals surface area contributed by atoms with Crippen molar-refractivity contribution in [2.24, 2.45) is 7.05 Å². The zero-order valence-electron chi connectivity index (χ0n) is 10.7. The van der Waals surface area contributed by atoms with E-state index in [0.717, 1.165) is 29.7 Å². The van der Waals surface area contributed by atoms with Gasteiger partial charge in [-0.25, -0.2) is 0 Å². The number of halogens is 1.